The van der Waals surface area contributed by atoms with Crippen molar-refractivity contribution in [1.82, 2.24) is 4.90 Å². The molecule has 0 saturated heterocycles. The van der Waals surface area contributed by atoms with Crippen LogP contribution in [0.5, 0.6) is 0 Å². The maximum absolute atomic E-state index is 13.6. The molecule has 0 unspecified atom stereocenters. The first-order valence-electron chi connectivity index (χ1n) is 8.14. The number of carbonyl (C=O) groups is 2. The summed E-state index contributed by atoms with van der Waals surface area (Å²) < 4.78 is 26.4. The van der Waals surface area contributed by atoms with E-state index in [-0.39, 0.29) is 18.1 Å². The highest BCUT2D eigenvalue weighted by atomic mass is 19.1. The molecule has 2 amide bonds. The number of anilines is 1. The van der Waals surface area contributed by atoms with Gasteiger partial charge in [-0.25, -0.2) is 8.78 Å². The highest BCUT2D eigenvalue weighted by Gasteiger charge is 2.16. The van der Waals surface area contributed by atoms with Crippen LogP contribution in [0.2, 0.25) is 0 Å². The van der Waals surface area contributed by atoms with Crippen LogP contribution < -0.4 is 5.32 Å². The van der Waals surface area contributed by atoms with E-state index in [9.17, 15) is 18.4 Å². The zero-order chi connectivity index (χ0) is 17.5. The first-order valence-corrected chi connectivity index (χ1v) is 8.14. The molecule has 0 heterocycles. The standard InChI is InChI=1S/C18H22F2N2O2/c1-13(23)22(10-9-14-5-3-2-4-6-14)12-18(24)21-17-8-7-15(19)11-16(17)20/h5,7-8,11H,2-4,6,9-10,12H2,1H3,(H,21,24). The van der Waals surface area contributed by atoms with E-state index < -0.39 is 17.5 Å². The Hall–Kier alpha value is -2.24. The van der Waals surface area contributed by atoms with Crippen LogP contribution in [0.1, 0.15) is 39.0 Å². The molecule has 1 aromatic carbocycles. The van der Waals surface area contributed by atoms with Crippen molar-refractivity contribution in [3.63, 3.8) is 0 Å². The molecule has 0 bridgehead atoms. The van der Waals surface area contributed by atoms with E-state index in [0.29, 0.717) is 12.6 Å². The number of halogens is 2. The van der Waals surface area contributed by atoms with Gasteiger partial charge in [0.05, 0.1) is 12.2 Å². The number of allylic oxidation sites excluding steroid dienone is 1. The maximum atomic E-state index is 13.6. The van der Waals surface area contributed by atoms with Gasteiger partial charge in [0, 0.05) is 19.5 Å². The van der Waals surface area contributed by atoms with Crippen molar-refractivity contribution in [2.75, 3.05) is 18.4 Å². The van der Waals surface area contributed by atoms with Gasteiger partial charge in [0.25, 0.3) is 0 Å². The minimum Gasteiger partial charge on any atom is -0.333 e. The molecule has 0 radical (unpaired) electrons. The van der Waals surface area contributed by atoms with Crippen molar-refractivity contribution in [3.8, 4) is 0 Å². The van der Waals surface area contributed by atoms with Crippen molar-refractivity contribution in [2.24, 2.45) is 0 Å². The molecule has 0 spiro atoms. The lowest BCUT2D eigenvalue weighted by atomic mass is 9.97. The Balaban J connectivity index is 1.90. The van der Waals surface area contributed by atoms with Crippen LogP contribution in [-0.2, 0) is 9.59 Å². The van der Waals surface area contributed by atoms with Gasteiger partial charge in [0.1, 0.15) is 11.6 Å². The molecule has 130 valence electrons. The quantitative estimate of drug-likeness (QED) is 0.806. The van der Waals surface area contributed by atoms with Crippen molar-refractivity contribution in [3.05, 3.63) is 41.5 Å². The topological polar surface area (TPSA) is 49.4 Å². The fourth-order valence-corrected chi connectivity index (χ4v) is 2.71. The van der Waals surface area contributed by atoms with Crippen LogP contribution in [0.15, 0.2) is 29.8 Å². The molecule has 0 aliphatic heterocycles. The van der Waals surface area contributed by atoms with Gasteiger partial charge in [-0.2, -0.15) is 0 Å². The van der Waals surface area contributed by atoms with E-state index in [2.05, 4.69) is 11.4 Å². The molecule has 1 N–H and O–H groups in total. The summed E-state index contributed by atoms with van der Waals surface area (Å²) in [6.45, 7) is 1.71. The summed E-state index contributed by atoms with van der Waals surface area (Å²) in [4.78, 5) is 25.2. The van der Waals surface area contributed by atoms with Gasteiger partial charge in [0.15, 0.2) is 0 Å². The van der Waals surface area contributed by atoms with Gasteiger partial charge in [-0.15, -0.1) is 0 Å². The second kappa shape index (κ2) is 8.57. The molecule has 1 aliphatic carbocycles. The Kier molecular flexibility index (Phi) is 6.46. The van der Waals surface area contributed by atoms with Crippen LogP contribution >= 0.6 is 0 Å². The van der Waals surface area contributed by atoms with E-state index in [4.69, 9.17) is 0 Å². The number of rotatable bonds is 6. The SMILES string of the molecule is CC(=O)N(CCC1=CCCCC1)CC(=O)Nc1ccc(F)cc1F. The molecular formula is C18H22F2N2O2. The smallest absolute Gasteiger partial charge is 0.244 e. The Bertz CT molecular complexity index is 644. The predicted octanol–water partition coefficient (Wildman–Crippen LogP) is 3.64. The molecule has 6 heteroatoms. The zero-order valence-electron chi connectivity index (χ0n) is 13.8. The number of carbonyl (C=O) groups excluding carboxylic acids is 2. The summed E-state index contributed by atoms with van der Waals surface area (Å²) in [6, 6.07) is 2.93. The third-order valence-electron chi connectivity index (χ3n) is 4.07. The monoisotopic (exact) mass is 336 g/mol. The Morgan fingerprint density at radius 1 is 1.25 bits per heavy atom. The van der Waals surface area contributed by atoms with Crippen LogP contribution in [0.4, 0.5) is 14.5 Å². The highest BCUT2D eigenvalue weighted by Crippen LogP contribution is 2.20. The lowest BCUT2D eigenvalue weighted by molar-refractivity contribution is -0.132. The molecule has 1 aliphatic rings. The third-order valence-corrected chi connectivity index (χ3v) is 4.07. The lowest BCUT2D eigenvalue weighted by Gasteiger charge is -2.22. The number of benzene rings is 1. The first kappa shape index (κ1) is 18.1. The molecule has 24 heavy (non-hydrogen) atoms. The fraction of sp³-hybridized carbons (Fsp3) is 0.444. The van der Waals surface area contributed by atoms with Crippen molar-refractivity contribution < 1.29 is 18.4 Å². The Morgan fingerprint density at radius 3 is 2.67 bits per heavy atom. The molecule has 0 aromatic heterocycles. The summed E-state index contributed by atoms with van der Waals surface area (Å²) in [7, 11) is 0. The molecule has 1 aromatic rings. The van der Waals surface area contributed by atoms with Crippen molar-refractivity contribution >= 4 is 17.5 Å². The summed E-state index contributed by atoms with van der Waals surface area (Å²) in [6.07, 6.45) is 7.42. The van der Waals surface area contributed by atoms with Gasteiger partial charge in [0.2, 0.25) is 11.8 Å². The van der Waals surface area contributed by atoms with Gasteiger partial charge in [-0.05, 0) is 44.2 Å². The molecule has 4 nitrogen and oxygen atoms in total. The van der Waals surface area contributed by atoms with E-state index in [0.717, 1.165) is 37.8 Å². The summed E-state index contributed by atoms with van der Waals surface area (Å²) in [5, 5.41) is 2.37. The Morgan fingerprint density at radius 2 is 2.04 bits per heavy atom. The Labute approximate surface area is 140 Å². The van der Waals surface area contributed by atoms with Crippen LogP contribution in [0, 0.1) is 11.6 Å². The minimum absolute atomic E-state index is 0.0973. The van der Waals surface area contributed by atoms with Crippen LogP contribution in [-0.4, -0.2) is 29.8 Å². The normalized spacial score (nSPS) is 14.0. The van der Waals surface area contributed by atoms with Crippen molar-refractivity contribution in [1.29, 1.82) is 0 Å². The number of nitrogens with zero attached hydrogens (tertiary/aromatic N) is 1. The highest BCUT2D eigenvalue weighted by molar-refractivity contribution is 5.94. The fourth-order valence-electron chi connectivity index (χ4n) is 2.71. The van der Waals surface area contributed by atoms with Crippen LogP contribution in [0.3, 0.4) is 0 Å². The van der Waals surface area contributed by atoms with E-state index in [1.807, 2.05) is 0 Å². The number of hydrogen-bond acceptors (Lipinski definition) is 2. The van der Waals surface area contributed by atoms with E-state index >= 15 is 0 Å². The molecule has 0 saturated carbocycles. The molecule has 2 rings (SSSR count). The molecule has 0 fully saturated rings. The minimum atomic E-state index is -0.843. The lowest BCUT2D eigenvalue weighted by Crippen LogP contribution is -2.37. The van der Waals surface area contributed by atoms with Gasteiger partial charge >= 0.3 is 0 Å². The number of hydrogen-bond donors (Lipinski definition) is 1. The second-order valence-electron chi connectivity index (χ2n) is 5.97. The number of amides is 2. The molecular weight excluding hydrogens is 314 g/mol. The summed E-state index contributed by atoms with van der Waals surface area (Å²) >= 11 is 0. The first-order chi connectivity index (χ1) is 11.5. The predicted molar refractivity (Wildman–Crippen MR) is 88.4 cm³/mol. The zero-order valence-corrected chi connectivity index (χ0v) is 13.8. The number of nitrogens with one attached hydrogen (secondary N) is 1. The van der Waals surface area contributed by atoms with Crippen molar-refractivity contribution in [2.45, 2.75) is 39.0 Å². The van der Waals surface area contributed by atoms with E-state index in [1.54, 1.807) is 0 Å². The third kappa shape index (κ3) is 5.44. The van der Waals surface area contributed by atoms with E-state index in [1.165, 1.54) is 23.8 Å². The van der Waals surface area contributed by atoms with Crippen LogP contribution in [0.25, 0.3) is 0 Å². The summed E-state index contributed by atoms with van der Waals surface area (Å²) in [5.41, 5.74) is 1.22. The van der Waals surface area contributed by atoms with Gasteiger partial charge in [-0.3, -0.25) is 9.59 Å². The largest absolute Gasteiger partial charge is 0.333 e. The van der Waals surface area contributed by atoms with Gasteiger partial charge < -0.3 is 10.2 Å². The average Bonchev–Trinajstić information content (AvgIpc) is 2.55. The maximum Gasteiger partial charge on any atom is 0.244 e. The average molecular weight is 336 g/mol. The van der Waals surface area contributed by atoms with Gasteiger partial charge in [-0.1, -0.05) is 11.6 Å². The summed E-state index contributed by atoms with van der Waals surface area (Å²) in [5.74, 6) is -2.27. The second-order valence-corrected chi connectivity index (χ2v) is 5.97. The molecule has 0 atom stereocenters.